The molecule has 0 saturated carbocycles. The Morgan fingerprint density at radius 2 is 2.00 bits per heavy atom. The van der Waals surface area contributed by atoms with Gasteiger partial charge in [-0.2, -0.15) is 0 Å². The topological polar surface area (TPSA) is 33.1 Å². The number of unbranched alkanes of at least 4 members (excludes halogenated alkanes) is 3. The van der Waals surface area contributed by atoms with Crippen LogP contribution in [0.3, 0.4) is 0 Å². The largest absolute Gasteiger partial charge is 0.557 e. The summed E-state index contributed by atoms with van der Waals surface area (Å²) in [6.07, 6.45) is 7.17. The predicted molar refractivity (Wildman–Crippen MR) is 54.1 cm³/mol. The Labute approximate surface area is 77.6 Å². The van der Waals surface area contributed by atoms with Crippen LogP contribution in [0.25, 0.3) is 0 Å². The number of hydrogen-bond donors (Lipinski definition) is 1. The van der Waals surface area contributed by atoms with Gasteiger partial charge < -0.3 is 4.65 Å². The molecular weight excluding hydrogens is 205 g/mol. The van der Waals surface area contributed by atoms with Crippen molar-refractivity contribution in [1.82, 2.24) is 0 Å². The molecule has 0 unspecified atom stereocenters. The summed E-state index contributed by atoms with van der Waals surface area (Å²) in [7, 11) is 0.706. The van der Waals surface area contributed by atoms with Crippen LogP contribution in [0.15, 0.2) is 0 Å². The Morgan fingerprint density at radius 3 is 2.64 bits per heavy atom. The fourth-order valence-electron chi connectivity index (χ4n) is 0.869. The molecule has 0 fully saturated rings. The molecule has 2 nitrogen and oxygen atoms in total. The normalized spacial score (nSPS) is 9.18. The summed E-state index contributed by atoms with van der Waals surface area (Å²) < 4.78 is 4.77. The van der Waals surface area contributed by atoms with Gasteiger partial charge in [0.25, 0.3) is 0 Å². The van der Waals surface area contributed by atoms with Gasteiger partial charge in [0.2, 0.25) is 0 Å². The van der Waals surface area contributed by atoms with Gasteiger partial charge in [0.05, 0.1) is 0 Å². The molecule has 0 amide bonds. The van der Waals surface area contributed by atoms with E-state index in [1.54, 1.807) is 0 Å². The Hall–Kier alpha value is 0.0149. The molecule has 0 spiro atoms. The van der Waals surface area contributed by atoms with Crippen molar-refractivity contribution >= 4 is 29.8 Å². The number of rotatable bonds is 8. The maximum absolute atomic E-state index is 6.60. The molecule has 0 rings (SSSR count). The van der Waals surface area contributed by atoms with Gasteiger partial charge in [-0.05, 0) is 12.7 Å². The first-order valence-electron chi connectivity index (χ1n) is 4.08. The van der Waals surface area contributed by atoms with E-state index in [1.807, 2.05) is 0 Å². The highest BCUT2D eigenvalue weighted by Gasteiger charge is 1.91. The van der Waals surface area contributed by atoms with Gasteiger partial charge in [0.1, 0.15) is 6.40 Å². The average molecular weight is 220 g/mol. The monoisotopic (exact) mass is 219 g/mol. The quantitative estimate of drug-likeness (QED) is 0.220. The van der Waals surface area contributed by atoms with Crippen LogP contribution >= 0.6 is 15.9 Å². The highest BCUT2D eigenvalue weighted by atomic mass is 79.9. The summed E-state index contributed by atoms with van der Waals surface area (Å²) in [6, 6.07) is 0. The van der Waals surface area contributed by atoms with Crippen molar-refractivity contribution in [3.05, 3.63) is 0 Å². The average Bonchev–Trinajstić information content (AvgIpc) is 2.03. The van der Waals surface area contributed by atoms with Crippen molar-refractivity contribution in [3.8, 4) is 0 Å². The SMILES string of the molecule is N=COBCCCCCCBr. The van der Waals surface area contributed by atoms with Crippen molar-refractivity contribution in [1.29, 1.82) is 5.41 Å². The summed E-state index contributed by atoms with van der Waals surface area (Å²) in [5.74, 6) is 0. The molecule has 0 aromatic rings. The maximum atomic E-state index is 6.60. The summed E-state index contributed by atoms with van der Waals surface area (Å²) in [6.45, 7) is 0. The van der Waals surface area contributed by atoms with Crippen LogP contribution in [-0.4, -0.2) is 19.2 Å². The van der Waals surface area contributed by atoms with E-state index < -0.39 is 0 Å². The van der Waals surface area contributed by atoms with E-state index in [9.17, 15) is 0 Å². The zero-order valence-electron chi connectivity index (χ0n) is 6.81. The molecule has 0 aliphatic heterocycles. The molecule has 0 saturated heterocycles. The second-order valence-electron chi connectivity index (χ2n) is 2.45. The number of hydrogen-bond acceptors (Lipinski definition) is 2. The highest BCUT2D eigenvalue weighted by molar-refractivity contribution is 9.09. The molecule has 4 heteroatoms. The van der Waals surface area contributed by atoms with E-state index in [0.717, 1.165) is 18.1 Å². The summed E-state index contributed by atoms with van der Waals surface area (Å²) in [4.78, 5) is 0. The van der Waals surface area contributed by atoms with E-state index in [4.69, 9.17) is 10.1 Å². The Bertz CT molecular complexity index is 92.5. The van der Waals surface area contributed by atoms with Gasteiger partial charge in [-0.15, -0.1) is 0 Å². The zero-order chi connectivity index (χ0) is 8.36. The minimum atomic E-state index is 0.706. The van der Waals surface area contributed by atoms with Crippen LogP contribution in [0.5, 0.6) is 0 Å². The van der Waals surface area contributed by atoms with Crippen LogP contribution in [0.1, 0.15) is 25.7 Å². The van der Waals surface area contributed by atoms with Gasteiger partial charge in [-0.3, -0.25) is 5.41 Å². The number of nitrogens with one attached hydrogen (secondary N) is 1. The third-order valence-corrected chi connectivity index (χ3v) is 2.04. The van der Waals surface area contributed by atoms with Gasteiger partial charge >= 0.3 is 7.48 Å². The lowest BCUT2D eigenvalue weighted by Crippen LogP contribution is -1.94. The molecule has 0 radical (unpaired) electrons. The summed E-state index contributed by atoms with van der Waals surface area (Å²) >= 11 is 3.39. The third kappa shape index (κ3) is 10.0. The summed E-state index contributed by atoms with van der Waals surface area (Å²) in [5.41, 5.74) is 0. The molecule has 0 aromatic carbocycles. The molecule has 0 atom stereocenters. The minimum absolute atomic E-state index is 0.706. The lowest BCUT2D eigenvalue weighted by Gasteiger charge is -1.97. The van der Waals surface area contributed by atoms with Crippen molar-refractivity contribution in [2.24, 2.45) is 0 Å². The lowest BCUT2D eigenvalue weighted by molar-refractivity contribution is 0.597. The molecule has 0 aliphatic rings. The fourth-order valence-corrected chi connectivity index (χ4v) is 1.27. The first-order chi connectivity index (χ1) is 5.41. The maximum Gasteiger partial charge on any atom is 0.341 e. The third-order valence-electron chi connectivity index (χ3n) is 1.48. The van der Waals surface area contributed by atoms with Crippen molar-refractivity contribution in [2.75, 3.05) is 5.33 Å². The van der Waals surface area contributed by atoms with Crippen molar-refractivity contribution in [2.45, 2.75) is 32.0 Å². The molecule has 1 N–H and O–H groups in total. The predicted octanol–water partition coefficient (Wildman–Crippen LogP) is 2.34. The zero-order valence-corrected chi connectivity index (χ0v) is 8.40. The molecule has 11 heavy (non-hydrogen) atoms. The van der Waals surface area contributed by atoms with Crippen LogP contribution in [-0.2, 0) is 4.65 Å². The minimum Gasteiger partial charge on any atom is -0.557 e. The van der Waals surface area contributed by atoms with E-state index in [0.29, 0.717) is 7.48 Å². The van der Waals surface area contributed by atoms with E-state index in [-0.39, 0.29) is 0 Å². The fraction of sp³-hybridized carbons (Fsp3) is 0.857. The molecule has 0 aliphatic carbocycles. The van der Waals surface area contributed by atoms with Crippen molar-refractivity contribution in [3.63, 3.8) is 0 Å². The first kappa shape index (κ1) is 11.0. The molecular formula is C7H15BBrNO. The van der Waals surface area contributed by atoms with Gasteiger partial charge in [-0.25, -0.2) is 0 Å². The smallest absolute Gasteiger partial charge is 0.341 e. The van der Waals surface area contributed by atoms with Crippen molar-refractivity contribution < 1.29 is 4.65 Å². The Balaban J connectivity index is 2.74. The highest BCUT2D eigenvalue weighted by Crippen LogP contribution is 2.04. The van der Waals surface area contributed by atoms with E-state index in [2.05, 4.69) is 15.9 Å². The lowest BCUT2D eigenvalue weighted by atomic mass is 9.91. The number of alkyl halides is 1. The molecule has 0 heterocycles. The van der Waals surface area contributed by atoms with Crippen LogP contribution < -0.4 is 0 Å². The van der Waals surface area contributed by atoms with E-state index in [1.165, 1.54) is 25.7 Å². The second-order valence-corrected chi connectivity index (χ2v) is 3.24. The second kappa shape index (κ2) is 10.0. The molecule has 0 bridgehead atoms. The van der Waals surface area contributed by atoms with Gasteiger partial charge in [-0.1, -0.05) is 35.2 Å². The van der Waals surface area contributed by atoms with E-state index >= 15 is 0 Å². The standard InChI is InChI=1S/C7H15BBrNO/c9-6-4-2-1-3-5-8-11-7-10/h7-8,10H,1-6H2. The molecule has 64 valence electrons. The van der Waals surface area contributed by atoms with Gasteiger partial charge in [0, 0.05) is 5.33 Å². The Kier molecular flexibility index (Phi) is 10.0. The molecule has 0 aromatic heterocycles. The van der Waals surface area contributed by atoms with Crippen LogP contribution in [0.2, 0.25) is 6.32 Å². The van der Waals surface area contributed by atoms with Crippen LogP contribution in [0.4, 0.5) is 0 Å². The van der Waals surface area contributed by atoms with Gasteiger partial charge in [0.15, 0.2) is 0 Å². The first-order valence-corrected chi connectivity index (χ1v) is 5.20. The summed E-state index contributed by atoms with van der Waals surface area (Å²) in [5, 5.41) is 7.71. The Morgan fingerprint density at radius 1 is 1.27 bits per heavy atom. The van der Waals surface area contributed by atoms with Crippen LogP contribution in [0, 0.1) is 5.41 Å². The number of halogens is 1.